The first-order chi connectivity index (χ1) is 13.6. The number of hydrogen-bond acceptors (Lipinski definition) is 6. The van der Waals surface area contributed by atoms with E-state index in [0.717, 1.165) is 15.6 Å². The van der Waals surface area contributed by atoms with Gasteiger partial charge in [0.25, 0.3) is 0 Å². The summed E-state index contributed by atoms with van der Waals surface area (Å²) < 4.78 is 17.5. The zero-order valence-corrected chi connectivity index (χ0v) is 16.8. The summed E-state index contributed by atoms with van der Waals surface area (Å²) in [6.45, 7) is 3.02. The number of benzene rings is 2. The Kier molecular flexibility index (Phi) is 5.29. The molecule has 2 heterocycles. The number of nitrogens with one attached hydrogen (secondary N) is 1. The Balaban J connectivity index is 1.37. The molecule has 0 saturated heterocycles. The minimum absolute atomic E-state index is 0.160. The summed E-state index contributed by atoms with van der Waals surface area (Å²) in [5, 5.41) is 10.9. The molecule has 3 aromatic rings. The van der Waals surface area contributed by atoms with Gasteiger partial charge in [0.15, 0.2) is 11.5 Å². The lowest BCUT2D eigenvalue weighted by molar-refractivity contribution is -0.116. The van der Waals surface area contributed by atoms with Gasteiger partial charge in [-0.3, -0.25) is 4.79 Å². The number of aromatic nitrogens is 2. The molecule has 2 aromatic carbocycles. The number of aryl methyl sites for hydroxylation is 2. The Hall–Kier alpha value is -2.87. The van der Waals surface area contributed by atoms with Gasteiger partial charge in [-0.1, -0.05) is 17.7 Å². The molecular weight excluding hydrogens is 426 g/mol. The minimum Gasteiger partial charge on any atom is -0.486 e. The SMILES string of the molecule is Cc1ccc(-c2nnc(CCC(=O)Nc3cc4c(cc3Br)OCCO4)o2)cc1. The van der Waals surface area contributed by atoms with E-state index in [2.05, 4.69) is 31.4 Å². The topological polar surface area (TPSA) is 86.5 Å². The van der Waals surface area contributed by atoms with Gasteiger partial charge in [0.1, 0.15) is 13.2 Å². The lowest BCUT2D eigenvalue weighted by Gasteiger charge is -2.20. The molecule has 0 atom stereocenters. The van der Waals surface area contributed by atoms with Crippen LogP contribution in [0.15, 0.2) is 45.3 Å². The number of carbonyl (C=O) groups excluding carboxylic acids is 1. The summed E-state index contributed by atoms with van der Waals surface area (Å²) in [4.78, 5) is 12.3. The largest absolute Gasteiger partial charge is 0.486 e. The maximum Gasteiger partial charge on any atom is 0.247 e. The van der Waals surface area contributed by atoms with Gasteiger partial charge < -0.3 is 19.2 Å². The highest BCUT2D eigenvalue weighted by atomic mass is 79.9. The van der Waals surface area contributed by atoms with Crippen LogP contribution >= 0.6 is 15.9 Å². The molecule has 0 radical (unpaired) electrons. The van der Waals surface area contributed by atoms with Crippen LogP contribution in [0, 0.1) is 6.92 Å². The minimum atomic E-state index is -0.160. The predicted molar refractivity (Wildman–Crippen MR) is 107 cm³/mol. The molecular formula is C20H18BrN3O4. The normalized spacial score (nSPS) is 12.6. The van der Waals surface area contributed by atoms with Gasteiger partial charge in [-0.15, -0.1) is 10.2 Å². The van der Waals surface area contributed by atoms with Gasteiger partial charge in [0.05, 0.1) is 5.69 Å². The van der Waals surface area contributed by atoms with Crippen LogP contribution in [-0.4, -0.2) is 29.3 Å². The summed E-state index contributed by atoms with van der Waals surface area (Å²) in [5.41, 5.74) is 2.64. The molecule has 0 aliphatic carbocycles. The average molecular weight is 444 g/mol. The first kappa shape index (κ1) is 18.5. The van der Waals surface area contributed by atoms with Gasteiger partial charge in [-0.2, -0.15) is 0 Å². The van der Waals surface area contributed by atoms with Crippen LogP contribution in [0.1, 0.15) is 17.9 Å². The van der Waals surface area contributed by atoms with Crippen LogP contribution in [0.25, 0.3) is 11.5 Å². The van der Waals surface area contributed by atoms with E-state index in [1.807, 2.05) is 31.2 Å². The molecule has 4 rings (SSSR count). The summed E-state index contributed by atoms with van der Waals surface area (Å²) >= 11 is 3.44. The Morgan fingerprint density at radius 2 is 1.82 bits per heavy atom. The van der Waals surface area contributed by atoms with E-state index in [4.69, 9.17) is 13.9 Å². The first-order valence-electron chi connectivity index (χ1n) is 8.87. The van der Waals surface area contributed by atoms with Gasteiger partial charge in [0.2, 0.25) is 17.7 Å². The van der Waals surface area contributed by atoms with Crippen LogP contribution in [0.5, 0.6) is 11.5 Å². The van der Waals surface area contributed by atoms with Crippen molar-refractivity contribution in [3.05, 3.63) is 52.3 Å². The van der Waals surface area contributed by atoms with Crippen LogP contribution in [0.4, 0.5) is 5.69 Å². The van der Waals surface area contributed by atoms with Crippen molar-refractivity contribution in [1.82, 2.24) is 10.2 Å². The van der Waals surface area contributed by atoms with Crippen molar-refractivity contribution in [2.45, 2.75) is 19.8 Å². The average Bonchev–Trinajstić information content (AvgIpc) is 3.16. The van der Waals surface area contributed by atoms with Gasteiger partial charge in [-0.05, 0) is 35.0 Å². The smallest absolute Gasteiger partial charge is 0.247 e. The van der Waals surface area contributed by atoms with E-state index < -0.39 is 0 Å². The van der Waals surface area contributed by atoms with Crippen LogP contribution in [0.2, 0.25) is 0 Å². The Labute approximate surface area is 170 Å². The first-order valence-corrected chi connectivity index (χ1v) is 9.66. The molecule has 8 heteroatoms. The number of nitrogens with zero attached hydrogens (tertiary/aromatic N) is 2. The molecule has 0 spiro atoms. The molecule has 144 valence electrons. The Bertz CT molecular complexity index is 1000. The molecule has 0 bridgehead atoms. The highest BCUT2D eigenvalue weighted by molar-refractivity contribution is 9.10. The second-order valence-corrected chi connectivity index (χ2v) is 7.25. The van der Waals surface area contributed by atoms with Crippen molar-refractivity contribution < 1.29 is 18.7 Å². The van der Waals surface area contributed by atoms with Crippen molar-refractivity contribution in [3.8, 4) is 23.0 Å². The molecule has 1 N–H and O–H groups in total. The third-order valence-electron chi connectivity index (χ3n) is 4.24. The highest BCUT2D eigenvalue weighted by Gasteiger charge is 2.17. The van der Waals surface area contributed by atoms with E-state index in [0.29, 0.717) is 48.6 Å². The number of anilines is 1. The predicted octanol–water partition coefficient (Wildman–Crippen LogP) is 4.15. The fraction of sp³-hybridized carbons (Fsp3) is 0.250. The third-order valence-corrected chi connectivity index (χ3v) is 4.89. The number of ether oxygens (including phenoxy) is 2. The molecule has 1 amide bonds. The number of fused-ring (bicyclic) bond motifs is 1. The quantitative estimate of drug-likeness (QED) is 0.637. The van der Waals surface area contributed by atoms with Crippen LogP contribution in [-0.2, 0) is 11.2 Å². The molecule has 0 fully saturated rings. The number of halogens is 1. The maximum absolute atomic E-state index is 12.3. The van der Waals surface area contributed by atoms with E-state index >= 15 is 0 Å². The highest BCUT2D eigenvalue weighted by Crippen LogP contribution is 2.38. The van der Waals surface area contributed by atoms with Crippen molar-refractivity contribution >= 4 is 27.5 Å². The number of hydrogen-bond donors (Lipinski definition) is 1. The van der Waals surface area contributed by atoms with Crippen LogP contribution in [0.3, 0.4) is 0 Å². The third kappa shape index (κ3) is 4.17. The van der Waals surface area contributed by atoms with E-state index in [-0.39, 0.29) is 12.3 Å². The second kappa shape index (κ2) is 8.02. The lowest BCUT2D eigenvalue weighted by Crippen LogP contribution is -2.17. The fourth-order valence-corrected chi connectivity index (χ4v) is 3.18. The monoisotopic (exact) mass is 443 g/mol. The summed E-state index contributed by atoms with van der Waals surface area (Å²) in [6, 6.07) is 11.4. The van der Waals surface area contributed by atoms with Crippen LogP contribution < -0.4 is 14.8 Å². The maximum atomic E-state index is 12.3. The van der Waals surface area contributed by atoms with Gasteiger partial charge in [0, 0.05) is 35.0 Å². The molecule has 7 nitrogen and oxygen atoms in total. The van der Waals surface area contributed by atoms with Crippen molar-refractivity contribution in [2.24, 2.45) is 0 Å². The van der Waals surface area contributed by atoms with E-state index in [9.17, 15) is 4.79 Å². The summed E-state index contributed by atoms with van der Waals surface area (Å²) in [6.07, 6.45) is 0.573. The fourth-order valence-electron chi connectivity index (χ4n) is 2.76. The zero-order valence-electron chi connectivity index (χ0n) is 15.2. The molecule has 28 heavy (non-hydrogen) atoms. The van der Waals surface area contributed by atoms with Gasteiger partial charge in [-0.25, -0.2) is 0 Å². The van der Waals surface area contributed by atoms with Crippen molar-refractivity contribution in [2.75, 3.05) is 18.5 Å². The van der Waals surface area contributed by atoms with E-state index in [1.165, 1.54) is 0 Å². The molecule has 1 aromatic heterocycles. The molecule has 1 aliphatic heterocycles. The number of carbonyl (C=O) groups is 1. The standard InChI is InChI=1S/C20H18BrN3O4/c1-12-2-4-13(5-3-12)20-24-23-19(28-20)7-6-18(25)22-15-11-17-16(10-14(15)21)26-8-9-27-17/h2-5,10-11H,6-9H2,1H3,(H,22,25). The molecule has 0 saturated carbocycles. The Morgan fingerprint density at radius 1 is 1.11 bits per heavy atom. The Morgan fingerprint density at radius 3 is 2.57 bits per heavy atom. The second-order valence-electron chi connectivity index (χ2n) is 6.39. The number of rotatable bonds is 5. The summed E-state index contributed by atoms with van der Waals surface area (Å²) in [7, 11) is 0. The molecule has 1 aliphatic rings. The molecule has 0 unspecified atom stereocenters. The van der Waals surface area contributed by atoms with Crippen molar-refractivity contribution in [1.29, 1.82) is 0 Å². The summed E-state index contributed by atoms with van der Waals surface area (Å²) in [5.74, 6) is 1.99. The number of amides is 1. The van der Waals surface area contributed by atoms with E-state index in [1.54, 1.807) is 12.1 Å². The zero-order chi connectivity index (χ0) is 19.5. The lowest BCUT2D eigenvalue weighted by atomic mass is 10.1. The van der Waals surface area contributed by atoms with Gasteiger partial charge >= 0.3 is 0 Å². The van der Waals surface area contributed by atoms with Crippen molar-refractivity contribution in [3.63, 3.8) is 0 Å².